The molecule has 0 aliphatic carbocycles. The van der Waals surface area contributed by atoms with E-state index >= 15 is 0 Å². The summed E-state index contributed by atoms with van der Waals surface area (Å²) in [7, 11) is 5.91. The molecule has 696 valence electrons. The van der Waals surface area contributed by atoms with E-state index in [1.807, 2.05) is 183 Å². The molecule has 0 spiro atoms. The number of benzene rings is 5. The number of ether oxygens (including phenoxy) is 4. The standard InChI is InChI=1S/C31H39N5O6.C28H36N4O6.C18H27NO5.C17H26N2O5/c1-18(2)30(41-4)28(29(39)19(3)37)36-42-17-27(38)35-26(13-20-14-32-24-11-7-5-9-22(20)24)31(40)34-16-21-15-33-25-12-8-6-10-23(21)25;1-17(2)27(37-4)25(26(35)18(3)33)32-38-16-24(34)31-23(28(36)30-20-10-6-5-7-11-20)14-19-15-29-22-13-9-8-12-21(19)22;1-12(2)18(23-4)16(17(22)13(3)20)19-24-11-15(21)10-14-8-6-5-7-9-14;1-11(2)17(23-4)15(16(22)12(3)20)19-24-10-14(21)8-13-6-5-7-18-9-13/h5-12,14-15,18-19,26,29-30,32-33,37,39H,13,16-17H2,1-4H3,(H,34,40)(H,35,38);5-13,15,17-18,23,26-27,29,33,35H,14,16H2,1-4H3,(H,30,36)(H,31,34);5-9,12-13,17-18,20,22H,10-11H2,1-4H3;5-7,9,11-12,16-17,20,22H,8,10H2,1-4H3/b36-28+;32-25+;19-16+;19-15+/t19-,26+,29+,30+;18-,23+,26+,27+;13-,17+,18+;12-,16+,17+/m1111/s1. The molecule has 0 unspecified atom stereocenters. The third-order valence-electron chi connectivity index (χ3n) is 20.2. The predicted octanol–water partition coefficient (Wildman–Crippen LogP) is 7.96. The lowest BCUT2D eigenvalue weighted by molar-refractivity contribution is -0.131. The van der Waals surface area contributed by atoms with Gasteiger partial charge in [0.2, 0.25) is 11.8 Å². The van der Waals surface area contributed by atoms with Crippen LogP contribution in [0.15, 0.2) is 197 Å². The van der Waals surface area contributed by atoms with E-state index in [-0.39, 0.29) is 115 Å². The molecule has 0 aliphatic rings. The second-order valence-electron chi connectivity index (χ2n) is 32.1. The smallest absolute Gasteiger partial charge is 0.261 e. The maximum absolute atomic E-state index is 13.4. The van der Waals surface area contributed by atoms with E-state index in [1.54, 1.807) is 48.8 Å². The second kappa shape index (κ2) is 54.6. The number of anilines is 1. The summed E-state index contributed by atoms with van der Waals surface area (Å²) in [5, 5.41) is 110. The summed E-state index contributed by atoms with van der Waals surface area (Å²) in [6.07, 6.45) is -2.06. The van der Waals surface area contributed by atoms with Gasteiger partial charge in [0.15, 0.2) is 38.0 Å². The summed E-state index contributed by atoms with van der Waals surface area (Å²) in [6.45, 7) is 19.6. The average molecular weight is 1780 g/mol. The van der Waals surface area contributed by atoms with Crippen LogP contribution in [0.25, 0.3) is 32.7 Å². The Kier molecular flexibility index (Phi) is 44.9. The maximum Gasteiger partial charge on any atom is 0.261 e. The van der Waals surface area contributed by atoms with E-state index in [0.29, 0.717) is 5.69 Å². The van der Waals surface area contributed by atoms with Crippen LogP contribution in [-0.4, -0.2) is 259 Å². The summed E-state index contributed by atoms with van der Waals surface area (Å²) in [4.78, 5) is 111. The number of carbonyl (C=O) groups excluding carboxylic acids is 6. The Morgan fingerprint density at radius 2 is 0.688 bits per heavy atom. The molecular weight excluding hydrogens is 1650 g/mol. The molecule has 4 heterocycles. The zero-order chi connectivity index (χ0) is 94.1. The van der Waals surface area contributed by atoms with Crippen LogP contribution >= 0.6 is 0 Å². The highest BCUT2D eigenvalue weighted by Gasteiger charge is 2.35. The van der Waals surface area contributed by atoms with Gasteiger partial charge in [0.25, 0.3) is 11.8 Å². The van der Waals surface area contributed by atoms with Gasteiger partial charge in [-0.2, -0.15) is 0 Å². The number of aromatic nitrogens is 4. The number of oxime groups is 4. The number of ketones is 2. The van der Waals surface area contributed by atoms with E-state index in [4.69, 9.17) is 38.3 Å². The van der Waals surface area contributed by atoms with Crippen molar-refractivity contribution in [3.8, 4) is 0 Å². The molecule has 9 aromatic rings. The molecule has 34 nitrogen and oxygen atoms in total. The highest BCUT2D eigenvalue weighted by atomic mass is 16.6. The normalized spacial score (nSPS) is 15.3. The molecule has 34 heteroatoms. The van der Waals surface area contributed by atoms with Crippen LogP contribution in [0.3, 0.4) is 0 Å². The number of para-hydroxylation sites is 4. The van der Waals surface area contributed by atoms with Gasteiger partial charge in [0, 0.05) is 130 Å². The van der Waals surface area contributed by atoms with Gasteiger partial charge in [-0.1, -0.05) is 185 Å². The van der Waals surface area contributed by atoms with Crippen molar-refractivity contribution in [3.63, 3.8) is 0 Å². The minimum atomic E-state index is -1.34. The molecule has 5 aromatic carbocycles. The van der Waals surface area contributed by atoms with Crippen LogP contribution in [0.4, 0.5) is 5.69 Å². The lowest BCUT2D eigenvalue weighted by Crippen LogP contribution is -2.48. The first kappa shape index (κ1) is 105. The van der Waals surface area contributed by atoms with Crippen molar-refractivity contribution >= 4 is 96.4 Å². The zero-order valence-electron chi connectivity index (χ0n) is 75.5. The number of carbonyl (C=O) groups is 6. The van der Waals surface area contributed by atoms with Gasteiger partial charge in [-0.25, -0.2) is 0 Å². The third-order valence-corrected chi connectivity index (χ3v) is 20.2. The molecule has 0 bridgehead atoms. The second-order valence-corrected chi connectivity index (χ2v) is 32.1. The van der Waals surface area contributed by atoms with Crippen molar-refractivity contribution < 1.29 is 108 Å². The Labute approximate surface area is 746 Å². The quantitative estimate of drug-likeness (QED) is 0.0127. The number of hydrogen-bond acceptors (Lipinski definition) is 27. The predicted molar refractivity (Wildman–Crippen MR) is 488 cm³/mol. The van der Waals surface area contributed by atoms with E-state index in [0.717, 1.165) is 60.5 Å². The van der Waals surface area contributed by atoms with Crippen molar-refractivity contribution in [1.29, 1.82) is 0 Å². The number of aliphatic hydroxyl groups excluding tert-OH is 8. The molecule has 0 radical (unpaired) electrons. The Morgan fingerprint density at radius 1 is 0.375 bits per heavy atom. The van der Waals surface area contributed by atoms with E-state index in [2.05, 4.69) is 61.8 Å². The van der Waals surface area contributed by atoms with Crippen LogP contribution in [-0.2, 0) is 99.3 Å². The van der Waals surface area contributed by atoms with Gasteiger partial charge in [-0.05, 0) is 116 Å². The average Bonchev–Trinajstić information content (AvgIpc) is 1.71. The van der Waals surface area contributed by atoms with Crippen molar-refractivity contribution in [3.05, 3.63) is 204 Å². The zero-order valence-corrected chi connectivity index (χ0v) is 75.5. The Hall–Kier alpha value is -11.5. The van der Waals surface area contributed by atoms with Crippen molar-refractivity contribution in [1.82, 2.24) is 35.9 Å². The number of pyridine rings is 1. The lowest BCUT2D eigenvalue weighted by Gasteiger charge is -2.25. The molecule has 4 amide bonds. The van der Waals surface area contributed by atoms with Gasteiger partial charge >= 0.3 is 0 Å². The molecule has 0 saturated carbocycles. The summed E-state index contributed by atoms with van der Waals surface area (Å²) in [5.74, 6) is -2.32. The van der Waals surface area contributed by atoms with Crippen molar-refractivity contribution in [2.45, 2.75) is 201 Å². The van der Waals surface area contributed by atoms with Crippen molar-refractivity contribution in [2.75, 3.05) is 60.2 Å². The molecule has 4 aromatic heterocycles. The SMILES string of the molecule is CO[C@H](/C(=N/OCC(=O)Cc1ccccc1)[C@@H](O)[C@@H](C)O)C(C)C.CO[C@H](/C(=N/OCC(=O)Cc1cccnc1)[C@@H](O)[C@@H](C)O)C(C)C.CO[C@H](/C(=N/OCC(=O)N[C@@H](Cc1c[nH]c2ccccc12)C(=O)NCc1c[nH]c2ccccc12)[C@@H](O)[C@@H](C)O)C(C)C.CO[C@H](/C(=N/OCC(=O)N[C@@H](Cc1c[nH]c2ccccc12)C(=O)Nc1ccccc1)[C@@H](O)[C@@H](C)O)C(C)C. The number of methoxy groups -OCH3 is 4. The van der Waals surface area contributed by atoms with E-state index in [1.165, 1.54) is 56.1 Å². The number of amides is 4. The Bertz CT molecular complexity index is 4880. The van der Waals surface area contributed by atoms with Crippen molar-refractivity contribution in [2.24, 2.45) is 44.3 Å². The number of aliphatic hydroxyl groups is 8. The topological polar surface area (TPSA) is 496 Å². The molecule has 14 atom stereocenters. The van der Waals surface area contributed by atoms with Crippen LogP contribution in [0.2, 0.25) is 0 Å². The van der Waals surface area contributed by atoms with Gasteiger partial charge in [-0.15, -0.1) is 0 Å². The molecule has 0 fully saturated rings. The fourth-order valence-corrected chi connectivity index (χ4v) is 13.6. The van der Waals surface area contributed by atoms with Gasteiger partial charge in [-0.3, -0.25) is 33.8 Å². The van der Waals surface area contributed by atoms with Crippen LogP contribution in [0.5, 0.6) is 0 Å². The number of Topliss-reactive ketones (excluding diaryl/α,β-unsaturated/α-hetero) is 2. The molecule has 9 rings (SSSR count). The summed E-state index contributed by atoms with van der Waals surface area (Å²) in [5.41, 5.74) is 8.27. The first-order valence-corrected chi connectivity index (χ1v) is 42.3. The molecule has 128 heavy (non-hydrogen) atoms. The number of nitrogens with zero attached hydrogens (tertiary/aromatic N) is 5. The number of aromatic amines is 3. The van der Waals surface area contributed by atoms with Gasteiger partial charge in [0.1, 0.15) is 83.8 Å². The summed E-state index contributed by atoms with van der Waals surface area (Å²) >= 11 is 0. The third kappa shape index (κ3) is 33.6. The number of nitrogens with one attached hydrogen (secondary N) is 7. The Morgan fingerprint density at radius 3 is 1.03 bits per heavy atom. The monoisotopic (exact) mass is 1780 g/mol. The van der Waals surface area contributed by atoms with Crippen LogP contribution in [0, 0.1) is 23.7 Å². The molecule has 0 aliphatic heterocycles. The fourth-order valence-electron chi connectivity index (χ4n) is 13.6. The first-order valence-electron chi connectivity index (χ1n) is 42.3. The number of rotatable bonds is 47. The number of fused-ring (bicyclic) bond motifs is 3. The summed E-state index contributed by atoms with van der Waals surface area (Å²) < 4.78 is 21.5. The molecular formula is C94H128N12O22. The van der Waals surface area contributed by atoms with Crippen LogP contribution < -0.4 is 21.3 Å². The number of H-pyrrole nitrogens is 3. The highest BCUT2D eigenvalue weighted by Crippen LogP contribution is 2.25. The minimum absolute atomic E-state index is 0.0110. The minimum Gasteiger partial charge on any atom is -0.390 e. The summed E-state index contributed by atoms with van der Waals surface area (Å²) in [6, 6.07) is 43.3. The van der Waals surface area contributed by atoms with Crippen LogP contribution in [0.1, 0.15) is 111 Å². The number of hydrogen-bond donors (Lipinski definition) is 15. The molecule has 15 N–H and O–H groups in total. The first-order chi connectivity index (χ1) is 61.1. The van der Waals surface area contributed by atoms with Gasteiger partial charge in [0.05, 0.1) is 24.4 Å². The lowest BCUT2D eigenvalue weighted by atomic mass is 9.96. The van der Waals surface area contributed by atoms with E-state index in [9.17, 15) is 69.6 Å². The highest BCUT2D eigenvalue weighted by molar-refractivity contribution is 5.99. The maximum atomic E-state index is 13.4. The fraction of sp³-hybridized carbons (Fsp3) is 0.457. The van der Waals surface area contributed by atoms with E-state index < -0.39 is 110 Å². The van der Waals surface area contributed by atoms with Gasteiger partial charge < -0.3 is 115 Å². The largest absolute Gasteiger partial charge is 0.390 e. The Balaban J connectivity index is 0.000000272. The molecule has 0 saturated heterocycles.